The molecular weight excluding hydrogens is 286 g/mol. The van der Waals surface area contributed by atoms with Gasteiger partial charge in [0.25, 0.3) is 0 Å². The van der Waals surface area contributed by atoms with Crippen molar-refractivity contribution in [2.45, 2.75) is 6.42 Å². The monoisotopic (exact) mass is 299 g/mol. The predicted molar refractivity (Wildman–Crippen MR) is 93.3 cm³/mol. The van der Waals surface area contributed by atoms with Crippen LogP contribution in [0, 0.1) is 0 Å². The van der Waals surface area contributed by atoms with Gasteiger partial charge in [-0.05, 0) is 28.3 Å². The smallest absolute Gasteiger partial charge is 0.124 e. The molecule has 3 aromatic carbocycles. The van der Waals surface area contributed by atoms with Crippen molar-refractivity contribution in [3.05, 3.63) is 77.9 Å². The number of aromatic nitrogens is 1. The van der Waals surface area contributed by atoms with E-state index in [2.05, 4.69) is 60.7 Å². The summed E-state index contributed by atoms with van der Waals surface area (Å²) < 4.78 is 1.34. The van der Waals surface area contributed by atoms with Crippen LogP contribution in [0.2, 0.25) is 0 Å². The summed E-state index contributed by atoms with van der Waals surface area (Å²) in [6, 6.07) is 23.6. The third-order valence-electron chi connectivity index (χ3n) is 4.36. The molecule has 104 valence electrons. The van der Waals surface area contributed by atoms with Crippen molar-refractivity contribution < 1.29 is 0 Å². The van der Waals surface area contributed by atoms with Crippen molar-refractivity contribution in [3.8, 4) is 21.7 Å². The second-order valence-electron chi connectivity index (χ2n) is 5.66. The van der Waals surface area contributed by atoms with E-state index in [0.29, 0.717) is 0 Å². The average molecular weight is 299 g/mol. The molecule has 4 aromatic rings. The molecule has 0 amide bonds. The number of nitrogens with zero attached hydrogens (tertiary/aromatic N) is 1. The van der Waals surface area contributed by atoms with Crippen LogP contribution in [0.15, 0.2) is 66.7 Å². The molecule has 0 unspecified atom stereocenters. The lowest BCUT2D eigenvalue weighted by Crippen LogP contribution is -1.80. The molecule has 2 heteroatoms. The van der Waals surface area contributed by atoms with Crippen molar-refractivity contribution in [2.75, 3.05) is 0 Å². The van der Waals surface area contributed by atoms with Crippen molar-refractivity contribution in [1.82, 2.24) is 4.98 Å². The van der Waals surface area contributed by atoms with E-state index in [1.165, 1.54) is 32.5 Å². The lowest BCUT2D eigenvalue weighted by atomic mass is 10.1. The maximum atomic E-state index is 4.84. The van der Waals surface area contributed by atoms with E-state index < -0.39 is 0 Å². The quantitative estimate of drug-likeness (QED) is 0.396. The number of benzene rings is 3. The highest BCUT2D eigenvalue weighted by Gasteiger charge is 2.21. The van der Waals surface area contributed by atoms with Gasteiger partial charge in [-0.25, -0.2) is 4.98 Å². The van der Waals surface area contributed by atoms with E-state index in [1.54, 1.807) is 0 Å². The van der Waals surface area contributed by atoms with E-state index in [0.717, 1.165) is 16.9 Å². The van der Waals surface area contributed by atoms with Gasteiger partial charge in [-0.1, -0.05) is 60.7 Å². The number of hydrogen-bond donors (Lipinski definition) is 0. The van der Waals surface area contributed by atoms with E-state index in [-0.39, 0.29) is 0 Å². The molecule has 0 atom stereocenters. The summed E-state index contributed by atoms with van der Waals surface area (Å²) in [7, 11) is 0. The molecule has 1 nitrogen and oxygen atoms in total. The Morgan fingerprint density at radius 2 is 1.59 bits per heavy atom. The molecule has 0 saturated heterocycles. The van der Waals surface area contributed by atoms with Gasteiger partial charge in [0, 0.05) is 12.0 Å². The van der Waals surface area contributed by atoms with Gasteiger partial charge in [0.2, 0.25) is 0 Å². The Labute approximate surface area is 132 Å². The fourth-order valence-corrected chi connectivity index (χ4v) is 4.42. The van der Waals surface area contributed by atoms with Crippen molar-refractivity contribution in [2.24, 2.45) is 0 Å². The van der Waals surface area contributed by atoms with Gasteiger partial charge < -0.3 is 0 Å². The molecule has 1 aliphatic carbocycles. The summed E-state index contributed by atoms with van der Waals surface area (Å²) in [5.41, 5.74) is 7.96. The van der Waals surface area contributed by atoms with Crippen molar-refractivity contribution in [3.63, 3.8) is 0 Å². The molecule has 1 heterocycles. The summed E-state index contributed by atoms with van der Waals surface area (Å²) >= 11 is 1.82. The highest BCUT2D eigenvalue weighted by Crippen LogP contribution is 2.43. The molecule has 0 fully saturated rings. The molecule has 0 aliphatic heterocycles. The maximum Gasteiger partial charge on any atom is 0.124 e. The van der Waals surface area contributed by atoms with Gasteiger partial charge >= 0.3 is 0 Å². The Morgan fingerprint density at radius 1 is 0.773 bits per heavy atom. The minimum atomic E-state index is 1.03. The van der Waals surface area contributed by atoms with Crippen molar-refractivity contribution in [1.29, 1.82) is 0 Å². The van der Waals surface area contributed by atoms with Crippen LogP contribution < -0.4 is 0 Å². The van der Waals surface area contributed by atoms with Crippen LogP contribution in [-0.4, -0.2) is 4.98 Å². The fourth-order valence-electron chi connectivity index (χ4n) is 3.31. The summed E-state index contributed by atoms with van der Waals surface area (Å²) in [5, 5.41) is 1.11. The van der Waals surface area contributed by atoms with Crippen LogP contribution in [0.25, 0.3) is 31.9 Å². The zero-order valence-electron chi connectivity index (χ0n) is 11.9. The average Bonchev–Trinajstić information content (AvgIpc) is 3.16. The first kappa shape index (κ1) is 12.1. The van der Waals surface area contributed by atoms with E-state index >= 15 is 0 Å². The first-order valence-corrected chi connectivity index (χ1v) is 8.28. The minimum absolute atomic E-state index is 1.03. The summed E-state index contributed by atoms with van der Waals surface area (Å²) in [4.78, 5) is 4.84. The van der Waals surface area contributed by atoms with Crippen LogP contribution in [0.5, 0.6) is 0 Å². The number of thiazole rings is 1. The first-order chi connectivity index (χ1) is 10.9. The molecule has 0 saturated carbocycles. The zero-order chi connectivity index (χ0) is 14.5. The summed E-state index contributed by atoms with van der Waals surface area (Å²) in [6.07, 6.45) is 1.03. The number of rotatable bonds is 1. The minimum Gasteiger partial charge on any atom is -0.236 e. The standard InChI is InChI=1S/C20H13NS/c1-2-6-13(7-3-1)20-21-18-11-10-16-15-9-5-4-8-14(15)12-17(16)19(18)22-20/h1-11H,12H2. The van der Waals surface area contributed by atoms with Gasteiger partial charge in [0.05, 0.1) is 10.2 Å². The Balaban J connectivity index is 1.75. The third kappa shape index (κ3) is 1.68. The second kappa shape index (κ2) is 4.52. The van der Waals surface area contributed by atoms with Gasteiger partial charge in [-0.3, -0.25) is 0 Å². The zero-order valence-corrected chi connectivity index (χ0v) is 12.7. The Hall–Kier alpha value is -2.45. The van der Waals surface area contributed by atoms with E-state index in [9.17, 15) is 0 Å². The third-order valence-corrected chi connectivity index (χ3v) is 5.54. The second-order valence-corrected chi connectivity index (χ2v) is 6.66. The molecule has 5 rings (SSSR count). The fraction of sp³-hybridized carbons (Fsp3) is 0.0500. The Bertz CT molecular complexity index is 999. The predicted octanol–water partition coefficient (Wildman–Crippen LogP) is 5.53. The van der Waals surface area contributed by atoms with Gasteiger partial charge in [0.15, 0.2) is 0 Å². The van der Waals surface area contributed by atoms with Gasteiger partial charge in [0.1, 0.15) is 5.01 Å². The van der Waals surface area contributed by atoms with Crippen LogP contribution in [0.1, 0.15) is 11.1 Å². The van der Waals surface area contributed by atoms with E-state index in [1.807, 2.05) is 17.4 Å². The summed E-state index contributed by atoms with van der Waals surface area (Å²) in [6.45, 7) is 0. The lowest BCUT2D eigenvalue weighted by molar-refractivity contribution is 1.29. The lowest BCUT2D eigenvalue weighted by Gasteiger charge is -2.00. The molecular formula is C20H13NS. The van der Waals surface area contributed by atoms with Crippen molar-refractivity contribution >= 4 is 21.6 Å². The molecule has 22 heavy (non-hydrogen) atoms. The molecule has 1 aliphatic rings. The molecule has 0 spiro atoms. The normalized spacial score (nSPS) is 12.4. The number of fused-ring (bicyclic) bond motifs is 5. The van der Waals surface area contributed by atoms with Crippen LogP contribution in [0.3, 0.4) is 0 Å². The largest absolute Gasteiger partial charge is 0.236 e. The van der Waals surface area contributed by atoms with Crippen LogP contribution >= 0.6 is 11.3 Å². The molecule has 0 bridgehead atoms. The number of hydrogen-bond acceptors (Lipinski definition) is 2. The molecule has 0 N–H and O–H groups in total. The SMILES string of the molecule is c1ccc(-c2nc3ccc4c(c3s2)Cc2ccccc2-4)cc1. The maximum absolute atomic E-state index is 4.84. The Kier molecular flexibility index (Phi) is 2.49. The highest BCUT2D eigenvalue weighted by atomic mass is 32.1. The van der Waals surface area contributed by atoms with Gasteiger partial charge in [-0.2, -0.15) is 0 Å². The summed E-state index contributed by atoms with van der Waals surface area (Å²) in [5.74, 6) is 0. The van der Waals surface area contributed by atoms with Crippen LogP contribution in [0.4, 0.5) is 0 Å². The highest BCUT2D eigenvalue weighted by molar-refractivity contribution is 7.21. The topological polar surface area (TPSA) is 12.9 Å². The molecule has 1 aromatic heterocycles. The van der Waals surface area contributed by atoms with E-state index in [4.69, 9.17) is 4.98 Å². The first-order valence-electron chi connectivity index (χ1n) is 7.46. The Morgan fingerprint density at radius 3 is 2.50 bits per heavy atom. The van der Waals surface area contributed by atoms with Crippen LogP contribution in [-0.2, 0) is 6.42 Å². The molecule has 0 radical (unpaired) electrons. The van der Waals surface area contributed by atoms with Gasteiger partial charge in [-0.15, -0.1) is 11.3 Å².